The number of hydrogen-bond acceptors (Lipinski definition) is 3. The van der Waals surface area contributed by atoms with Gasteiger partial charge in [-0.15, -0.1) is 0 Å². The van der Waals surface area contributed by atoms with E-state index in [0.29, 0.717) is 6.54 Å². The summed E-state index contributed by atoms with van der Waals surface area (Å²) in [6.45, 7) is 0.661. The third-order valence-electron chi connectivity index (χ3n) is 3.99. The summed E-state index contributed by atoms with van der Waals surface area (Å²) in [6.07, 6.45) is 10.2. The second-order valence-corrected chi connectivity index (χ2v) is 6.83. The highest BCUT2D eigenvalue weighted by atomic mass is 32.2. The minimum atomic E-state index is -0.842. The average molecular weight is 316 g/mol. The van der Waals surface area contributed by atoms with Crippen molar-refractivity contribution in [1.82, 2.24) is 10.6 Å². The first kappa shape index (κ1) is 18.1. The molecule has 1 aliphatic carbocycles. The molecule has 0 aromatic carbocycles. The second-order valence-electron chi connectivity index (χ2n) is 5.85. The summed E-state index contributed by atoms with van der Waals surface area (Å²) in [5, 5.41) is 14.7. The summed E-state index contributed by atoms with van der Waals surface area (Å²) in [5.74, 6) is 0.358. The van der Waals surface area contributed by atoms with Crippen molar-refractivity contribution in [2.45, 2.75) is 63.3 Å². The highest BCUT2D eigenvalue weighted by Gasteiger charge is 2.37. The molecule has 122 valence electrons. The Labute approximate surface area is 131 Å². The van der Waals surface area contributed by atoms with E-state index in [1.807, 2.05) is 11.8 Å². The molecule has 0 aromatic rings. The Morgan fingerprint density at radius 3 is 2.43 bits per heavy atom. The molecule has 0 saturated heterocycles. The van der Waals surface area contributed by atoms with Gasteiger partial charge < -0.3 is 15.7 Å². The Morgan fingerprint density at radius 1 is 1.14 bits per heavy atom. The molecule has 0 atom stereocenters. The molecule has 1 aliphatic rings. The molecule has 0 aliphatic heterocycles. The number of amides is 2. The van der Waals surface area contributed by atoms with Crippen molar-refractivity contribution >= 4 is 23.8 Å². The van der Waals surface area contributed by atoms with E-state index < -0.39 is 11.5 Å². The maximum Gasteiger partial charge on any atom is 0.315 e. The molecule has 0 bridgehead atoms. The Hall–Kier alpha value is -0.910. The van der Waals surface area contributed by atoms with E-state index in [2.05, 4.69) is 16.9 Å². The predicted molar refractivity (Wildman–Crippen MR) is 86.8 cm³/mol. The summed E-state index contributed by atoms with van der Waals surface area (Å²) in [6, 6.07) is -0.220. The minimum absolute atomic E-state index is 0.0229. The number of rotatable bonds is 10. The fraction of sp³-hybridized carbons (Fsp3) is 0.867. The van der Waals surface area contributed by atoms with Crippen LogP contribution in [0.1, 0.15) is 57.8 Å². The number of unbranched alkanes of at least 4 members (excludes halogenated alkanes) is 3. The van der Waals surface area contributed by atoms with Gasteiger partial charge in [-0.25, -0.2) is 4.79 Å². The van der Waals surface area contributed by atoms with Gasteiger partial charge in [-0.3, -0.25) is 4.79 Å². The van der Waals surface area contributed by atoms with Crippen molar-refractivity contribution in [3.8, 4) is 0 Å². The van der Waals surface area contributed by atoms with Crippen LogP contribution in [-0.2, 0) is 4.79 Å². The highest BCUT2D eigenvalue weighted by molar-refractivity contribution is 7.98. The second kappa shape index (κ2) is 9.92. The van der Waals surface area contributed by atoms with E-state index in [1.54, 1.807) is 0 Å². The standard InChI is InChI=1S/C15H28N2O3S/c1-21-11-7-3-2-6-10-16-14(20)17-15(12-13(18)19)8-4-5-9-15/h2-12H2,1H3,(H,18,19)(H2,16,17,20). The molecule has 1 rings (SSSR count). The Kier molecular flexibility index (Phi) is 8.57. The molecule has 1 saturated carbocycles. The molecule has 0 heterocycles. The van der Waals surface area contributed by atoms with Crippen LogP contribution in [0.15, 0.2) is 0 Å². The van der Waals surface area contributed by atoms with Gasteiger partial charge in [0.2, 0.25) is 0 Å². The maximum absolute atomic E-state index is 11.9. The van der Waals surface area contributed by atoms with Crippen LogP contribution in [0.25, 0.3) is 0 Å². The van der Waals surface area contributed by atoms with Crippen molar-refractivity contribution in [3.63, 3.8) is 0 Å². The number of thioether (sulfide) groups is 1. The molecule has 21 heavy (non-hydrogen) atoms. The summed E-state index contributed by atoms with van der Waals surface area (Å²) in [5.41, 5.74) is -0.533. The summed E-state index contributed by atoms with van der Waals surface area (Å²) < 4.78 is 0. The number of carboxylic acids is 1. The van der Waals surface area contributed by atoms with Crippen LogP contribution in [-0.4, -0.2) is 41.2 Å². The first-order valence-corrected chi connectivity index (χ1v) is 9.24. The number of urea groups is 1. The van der Waals surface area contributed by atoms with Gasteiger partial charge in [0.05, 0.1) is 12.0 Å². The van der Waals surface area contributed by atoms with Crippen LogP contribution in [0.5, 0.6) is 0 Å². The quantitative estimate of drug-likeness (QED) is 0.541. The molecule has 0 unspecified atom stereocenters. The van der Waals surface area contributed by atoms with E-state index in [-0.39, 0.29) is 12.5 Å². The Bertz CT molecular complexity index is 331. The zero-order chi connectivity index (χ0) is 15.6. The molecule has 0 radical (unpaired) electrons. The fourth-order valence-corrected chi connectivity index (χ4v) is 3.39. The van der Waals surface area contributed by atoms with Crippen LogP contribution in [0.4, 0.5) is 4.79 Å². The summed E-state index contributed by atoms with van der Waals surface area (Å²) in [7, 11) is 0. The number of hydrogen-bond donors (Lipinski definition) is 3. The fourth-order valence-electron chi connectivity index (χ4n) is 2.90. The van der Waals surface area contributed by atoms with Crippen LogP contribution in [0.2, 0.25) is 0 Å². The van der Waals surface area contributed by atoms with Crippen LogP contribution in [0.3, 0.4) is 0 Å². The lowest BCUT2D eigenvalue weighted by Gasteiger charge is -2.28. The molecule has 2 amide bonds. The van der Waals surface area contributed by atoms with Crippen molar-refractivity contribution in [1.29, 1.82) is 0 Å². The van der Waals surface area contributed by atoms with Gasteiger partial charge in [0.25, 0.3) is 0 Å². The van der Waals surface area contributed by atoms with E-state index >= 15 is 0 Å². The van der Waals surface area contributed by atoms with Gasteiger partial charge in [-0.1, -0.05) is 25.7 Å². The predicted octanol–water partition coefficient (Wildman–Crippen LogP) is 3.00. The lowest BCUT2D eigenvalue weighted by molar-refractivity contribution is -0.138. The van der Waals surface area contributed by atoms with Gasteiger partial charge in [-0.05, 0) is 37.7 Å². The molecule has 6 heteroatoms. The van der Waals surface area contributed by atoms with Gasteiger partial charge in [-0.2, -0.15) is 11.8 Å². The molecule has 5 nitrogen and oxygen atoms in total. The molecule has 1 fully saturated rings. The molecule has 0 aromatic heterocycles. The summed E-state index contributed by atoms with van der Waals surface area (Å²) >= 11 is 1.86. The van der Waals surface area contributed by atoms with E-state index in [9.17, 15) is 9.59 Å². The monoisotopic (exact) mass is 316 g/mol. The largest absolute Gasteiger partial charge is 0.481 e. The smallest absolute Gasteiger partial charge is 0.315 e. The third kappa shape index (κ3) is 7.60. The van der Waals surface area contributed by atoms with Crippen molar-refractivity contribution in [2.75, 3.05) is 18.6 Å². The molecular formula is C15H28N2O3S. The highest BCUT2D eigenvalue weighted by Crippen LogP contribution is 2.32. The van der Waals surface area contributed by atoms with E-state index in [4.69, 9.17) is 5.11 Å². The number of carbonyl (C=O) groups is 2. The minimum Gasteiger partial charge on any atom is -0.481 e. The van der Waals surface area contributed by atoms with Crippen molar-refractivity contribution in [3.05, 3.63) is 0 Å². The van der Waals surface area contributed by atoms with Crippen LogP contribution < -0.4 is 10.6 Å². The normalized spacial score (nSPS) is 16.6. The van der Waals surface area contributed by atoms with Gasteiger partial charge >= 0.3 is 12.0 Å². The molecule has 3 N–H and O–H groups in total. The Balaban J connectivity index is 2.18. The first-order valence-electron chi connectivity index (χ1n) is 7.85. The molecule has 0 spiro atoms. The van der Waals surface area contributed by atoms with Crippen molar-refractivity contribution < 1.29 is 14.7 Å². The maximum atomic E-state index is 11.9. The number of nitrogens with one attached hydrogen (secondary N) is 2. The number of carboxylic acid groups (broad SMARTS) is 1. The summed E-state index contributed by atoms with van der Waals surface area (Å²) in [4.78, 5) is 22.9. The third-order valence-corrected chi connectivity index (χ3v) is 4.69. The first-order chi connectivity index (χ1) is 10.1. The number of aliphatic carboxylic acids is 1. The Morgan fingerprint density at radius 2 is 1.81 bits per heavy atom. The van der Waals surface area contributed by atoms with E-state index in [1.165, 1.54) is 18.6 Å². The topological polar surface area (TPSA) is 78.4 Å². The van der Waals surface area contributed by atoms with Gasteiger partial charge in [0, 0.05) is 6.54 Å². The van der Waals surface area contributed by atoms with Gasteiger partial charge in [0.15, 0.2) is 0 Å². The van der Waals surface area contributed by atoms with Gasteiger partial charge in [0.1, 0.15) is 0 Å². The lowest BCUT2D eigenvalue weighted by atomic mass is 9.93. The number of carbonyl (C=O) groups excluding carboxylic acids is 1. The zero-order valence-electron chi connectivity index (χ0n) is 13.0. The van der Waals surface area contributed by atoms with Crippen LogP contribution in [0, 0.1) is 0 Å². The van der Waals surface area contributed by atoms with Crippen molar-refractivity contribution in [2.24, 2.45) is 0 Å². The SMILES string of the molecule is CSCCCCCCNC(=O)NC1(CC(=O)O)CCCC1. The van der Waals surface area contributed by atoms with Crippen LogP contribution >= 0.6 is 11.8 Å². The lowest BCUT2D eigenvalue weighted by Crippen LogP contribution is -2.51. The molecular weight excluding hydrogens is 288 g/mol. The average Bonchev–Trinajstić information content (AvgIpc) is 2.84. The van der Waals surface area contributed by atoms with E-state index in [0.717, 1.165) is 38.5 Å². The zero-order valence-corrected chi connectivity index (χ0v) is 13.8.